The first-order valence-corrected chi connectivity index (χ1v) is 9.55. The Balaban J connectivity index is 1.74. The fraction of sp³-hybridized carbons (Fsp3) is 0.611. The predicted octanol–water partition coefficient (Wildman–Crippen LogP) is 3.17. The Morgan fingerprint density at radius 3 is 2.79 bits per heavy atom. The van der Waals surface area contributed by atoms with Crippen LogP contribution in [0, 0.1) is 5.82 Å². The van der Waals surface area contributed by atoms with Gasteiger partial charge in [-0.3, -0.25) is 4.99 Å². The van der Waals surface area contributed by atoms with Crippen LogP contribution in [0.5, 0.6) is 0 Å². The highest BCUT2D eigenvalue weighted by Gasteiger charge is 2.19. The quantitative estimate of drug-likeness (QED) is 0.570. The maximum atomic E-state index is 13.7. The number of guanidine groups is 1. The molecule has 134 valence electrons. The van der Waals surface area contributed by atoms with Gasteiger partial charge in [0.15, 0.2) is 5.96 Å². The van der Waals surface area contributed by atoms with Crippen molar-refractivity contribution in [1.29, 1.82) is 0 Å². The van der Waals surface area contributed by atoms with Gasteiger partial charge in [0.25, 0.3) is 0 Å². The average molecular weight is 399 g/mol. The second kappa shape index (κ2) is 9.99. The molecule has 4 nitrogen and oxygen atoms in total. The third-order valence-corrected chi connectivity index (χ3v) is 4.88. The van der Waals surface area contributed by atoms with Crippen molar-refractivity contribution >= 4 is 21.9 Å². The minimum Gasteiger partial charge on any atom is -0.356 e. The molecule has 1 fully saturated rings. The summed E-state index contributed by atoms with van der Waals surface area (Å²) in [6.07, 6.45) is 4.12. The zero-order valence-electron chi connectivity index (χ0n) is 14.6. The maximum absolute atomic E-state index is 13.7. The number of rotatable bonds is 6. The monoisotopic (exact) mass is 398 g/mol. The second-order valence-corrected chi connectivity index (χ2v) is 7.16. The van der Waals surface area contributed by atoms with Crippen LogP contribution in [0.3, 0.4) is 0 Å². The van der Waals surface area contributed by atoms with E-state index in [1.54, 1.807) is 13.1 Å². The Morgan fingerprint density at radius 2 is 2.12 bits per heavy atom. The largest absolute Gasteiger partial charge is 0.356 e. The molecule has 0 saturated carbocycles. The van der Waals surface area contributed by atoms with Gasteiger partial charge in [0.2, 0.25) is 0 Å². The molecular weight excluding hydrogens is 371 g/mol. The minimum absolute atomic E-state index is 0.161. The number of likely N-dealkylation sites (tertiary alicyclic amines) is 1. The number of hydrogen-bond acceptors (Lipinski definition) is 2. The van der Waals surface area contributed by atoms with E-state index in [-0.39, 0.29) is 5.82 Å². The Hall–Kier alpha value is -1.14. The van der Waals surface area contributed by atoms with Gasteiger partial charge in [0.05, 0.1) is 0 Å². The zero-order chi connectivity index (χ0) is 17.4. The molecule has 6 heteroatoms. The third-order valence-electron chi connectivity index (χ3n) is 4.39. The highest BCUT2D eigenvalue weighted by atomic mass is 79.9. The van der Waals surface area contributed by atoms with Gasteiger partial charge >= 0.3 is 0 Å². The average Bonchev–Trinajstić information content (AvgIpc) is 2.59. The SMILES string of the molecule is CCCN1CCC(NC(=NC)NCCc2cc(Br)ccc2F)CC1. The van der Waals surface area contributed by atoms with Gasteiger partial charge in [-0.25, -0.2) is 4.39 Å². The van der Waals surface area contributed by atoms with E-state index in [0.717, 1.165) is 36.4 Å². The van der Waals surface area contributed by atoms with Gasteiger partial charge in [-0.15, -0.1) is 0 Å². The van der Waals surface area contributed by atoms with Crippen LogP contribution in [0.4, 0.5) is 4.39 Å². The molecular formula is C18H28BrFN4. The lowest BCUT2D eigenvalue weighted by Crippen LogP contribution is -2.49. The fourth-order valence-corrected chi connectivity index (χ4v) is 3.46. The zero-order valence-corrected chi connectivity index (χ0v) is 16.2. The molecule has 2 rings (SSSR count). The first-order valence-electron chi connectivity index (χ1n) is 8.75. The van der Waals surface area contributed by atoms with E-state index >= 15 is 0 Å². The first-order chi connectivity index (χ1) is 11.6. The molecule has 1 saturated heterocycles. The molecule has 0 bridgehead atoms. The molecule has 0 aromatic heterocycles. The van der Waals surface area contributed by atoms with Crippen molar-refractivity contribution in [2.45, 2.75) is 38.6 Å². The van der Waals surface area contributed by atoms with Crippen LogP contribution in [0.25, 0.3) is 0 Å². The van der Waals surface area contributed by atoms with Crippen LogP contribution in [-0.2, 0) is 6.42 Å². The lowest BCUT2D eigenvalue weighted by molar-refractivity contribution is 0.206. The molecule has 1 aliphatic rings. The summed E-state index contributed by atoms with van der Waals surface area (Å²) in [5.74, 6) is 0.644. The summed E-state index contributed by atoms with van der Waals surface area (Å²) in [6.45, 7) is 6.36. The van der Waals surface area contributed by atoms with Crippen molar-refractivity contribution in [3.05, 3.63) is 34.1 Å². The van der Waals surface area contributed by atoms with Crippen LogP contribution in [0.1, 0.15) is 31.7 Å². The van der Waals surface area contributed by atoms with E-state index < -0.39 is 0 Å². The molecule has 0 spiro atoms. The first kappa shape index (κ1) is 19.2. The number of benzene rings is 1. The van der Waals surface area contributed by atoms with E-state index in [4.69, 9.17) is 0 Å². The normalized spacial score (nSPS) is 17.1. The van der Waals surface area contributed by atoms with Crippen molar-refractivity contribution in [1.82, 2.24) is 15.5 Å². The topological polar surface area (TPSA) is 39.7 Å². The molecule has 0 aliphatic carbocycles. The molecule has 1 aromatic carbocycles. The van der Waals surface area contributed by atoms with Gasteiger partial charge in [-0.2, -0.15) is 0 Å². The minimum atomic E-state index is -0.161. The predicted molar refractivity (Wildman–Crippen MR) is 102 cm³/mol. The van der Waals surface area contributed by atoms with Gasteiger partial charge in [0, 0.05) is 37.2 Å². The highest BCUT2D eigenvalue weighted by molar-refractivity contribution is 9.10. The number of piperidine rings is 1. The Morgan fingerprint density at radius 1 is 1.38 bits per heavy atom. The van der Waals surface area contributed by atoms with E-state index in [9.17, 15) is 4.39 Å². The molecule has 0 radical (unpaired) electrons. The number of aliphatic imine (C=N–C) groups is 1. The van der Waals surface area contributed by atoms with Crippen LogP contribution in [0.15, 0.2) is 27.7 Å². The van der Waals surface area contributed by atoms with Crippen LogP contribution in [-0.4, -0.2) is 50.1 Å². The molecule has 1 heterocycles. The van der Waals surface area contributed by atoms with Crippen molar-refractivity contribution in [3.63, 3.8) is 0 Å². The maximum Gasteiger partial charge on any atom is 0.191 e. The molecule has 24 heavy (non-hydrogen) atoms. The van der Waals surface area contributed by atoms with Crippen molar-refractivity contribution in [2.24, 2.45) is 4.99 Å². The van der Waals surface area contributed by atoms with Crippen LogP contribution < -0.4 is 10.6 Å². The van der Waals surface area contributed by atoms with Crippen molar-refractivity contribution in [3.8, 4) is 0 Å². The fourth-order valence-electron chi connectivity index (χ4n) is 3.06. The van der Waals surface area contributed by atoms with E-state index in [2.05, 4.69) is 43.4 Å². The lowest BCUT2D eigenvalue weighted by atomic mass is 10.1. The number of hydrogen-bond donors (Lipinski definition) is 2. The second-order valence-electron chi connectivity index (χ2n) is 6.24. The summed E-state index contributed by atoms with van der Waals surface area (Å²) >= 11 is 3.39. The molecule has 1 aliphatic heterocycles. The molecule has 0 amide bonds. The summed E-state index contributed by atoms with van der Waals surface area (Å²) in [4.78, 5) is 6.80. The van der Waals surface area contributed by atoms with E-state index in [0.29, 0.717) is 24.6 Å². The van der Waals surface area contributed by atoms with E-state index in [1.165, 1.54) is 19.0 Å². The lowest BCUT2D eigenvalue weighted by Gasteiger charge is -2.32. The summed E-state index contributed by atoms with van der Waals surface area (Å²) in [7, 11) is 1.78. The molecule has 0 atom stereocenters. The summed E-state index contributed by atoms with van der Waals surface area (Å²) in [6, 6.07) is 5.51. The molecule has 2 N–H and O–H groups in total. The van der Waals surface area contributed by atoms with Gasteiger partial charge in [-0.1, -0.05) is 22.9 Å². The summed E-state index contributed by atoms with van der Waals surface area (Å²) in [5, 5.41) is 6.78. The van der Waals surface area contributed by atoms with Crippen molar-refractivity contribution in [2.75, 3.05) is 33.2 Å². The standard InChI is InChI=1S/C18H28BrFN4/c1-3-10-24-11-7-16(8-12-24)23-18(21-2)22-9-6-14-13-15(19)4-5-17(14)20/h4-5,13,16H,3,6-12H2,1-2H3,(H2,21,22,23). The van der Waals surface area contributed by atoms with Crippen LogP contribution >= 0.6 is 15.9 Å². The van der Waals surface area contributed by atoms with Crippen molar-refractivity contribution < 1.29 is 4.39 Å². The Kier molecular flexibility index (Phi) is 7.99. The van der Waals surface area contributed by atoms with Gasteiger partial charge < -0.3 is 15.5 Å². The number of nitrogens with zero attached hydrogens (tertiary/aromatic N) is 2. The van der Waals surface area contributed by atoms with Gasteiger partial charge in [0.1, 0.15) is 5.82 Å². The van der Waals surface area contributed by atoms with Gasteiger partial charge in [-0.05, 0) is 56.0 Å². The highest BCUT2D eigenvalue weighted by Crippen LogP contribution is 2.15. The Labute approximate surface area is 153 Å². The smallest absolute Gasteiger partial charge is 0.191 e. The summed E-state index contributed by atoms with van der Waals surface area (Å²) in [5.41, 5.74) is 0.709. The van der Waals surface area contributed by atoms with E-state index in [1.807, 2.05) is 6.07 Å². The number of halogens is 2. The number of nitrogens with one attached hydrogen (secondary N) is 2. The summed E-state index contributed by atoms with van der Waals surface area (Å²) < 4.78 is 14.7. The molecule has 1 aromatic rings. The third kappa shape index (κ3) is 6.06. The Bertz CT molecular complexity index is 542. The molecule has 0 unspecified atom stereocenters. The van der Waals surface area contributed by atoms with Crippen LogP contribution in [0.2, 0.25) is 0 Å².